The van der Waals surface area contributed by atoms with Gasteiger partial charge in [-0.3, -0.25) is 9.69 Å². The van der Waals surface area contributed by atoms with Crippen LogP contribution in [0.2, 0.25) is 0 Å². The van der Waals surface area contributed by atoms with E-state index in [1.54, 1.807) is 0 Å². The van der Waals surface area contributed by atoms with Gasteiger partial charge in [0.2, 0.25) is 0 Å². The molecule has 0 bridgehead atoms. The first-order valence-corrected chi connectivity index (χ1v) is 6.93. The van der Waals surface area contributed by atoms with E-state index in [1.807, 2.05) is 31.2 Å². The molecule has 1 aromatic rings. The Morgan fingerprint density at radius 1 is 1.29 bits per heavy atom. The Bertz CT molecular complexity index is 361. The SMILES string of the molecule is CCCN(CC)C(C)C(=O)c1ccc(Br)cc1. The van der Waals surface area contributed by atoms with Crippen molar-refractivity contribution in [2.75, 3.05) is 13.1 Å². The Morgan fingerprint density at radius 2 is 1.88 bits per heavy atom. The van der Waals surface area contributed by atoms with Crippen molar-refractivity contribution in [2.24, 2.45) is 0 Å². The van der Waals surface area contributed by atoms with Gasteiger partial charge in [-0.2, -0.15) is 0 Å². The third-order valence-corrected chi connectivity index (χ3v) is 3.50. The number of hydrogen-bond donors (Lipinski definition) is 0. The van der Waals surface area contributed by atoms with Gasteiger partial charge in [-0.1, -0.05) is 41.9 Å². The quantitative estimate of drug-likeness (QED) is 0.745. The Labute approximate surface area is 112 Å². The number of likely N-dealkylation sites (N-methyl/N-ethyl adjacent to an activating group) is 1. The Hall–Kier alpha value is -0.670. The second-order valence-electron chi connectivity index (χ2n) is 4.18. The molecule has 17 heavy (non-hydrogen) atoms. The summed E-state index contributed by atoms with van der Waals surface area (Å²) in [6.07, 6.45) is 1.08. The number of benzene rings is 1. The molecule has 0 saturated carbocycles. The standard InChI is InChI=1S/C14H20BrNO/c1-4-10-16(5-2)11(3)14(17)12-6-8-13(15)9-7-12/h6-9,11H,4-5,10H2,1-3H3. The van der Waals surface area contributed by atoms with Crippen molar-refractivity contribution in [3.63, 3.8) is 0 Å². The van der Waals surface area contributed by atoms with Crippen molar-refractivity contribution < 1.29 is 4.79 Å². The molecular formula is C14H20BrNO. The summed E-state index contributed by atoms with van der Waals surface area (Å²) in [6, 6.07) is 7.54. The lowest BCUT2D eigenvalue weighted by molar-refractivity contribution is 0.0845. The highest BCUT2D eigenvalue weighted by molar-refractivity contribution is 9.10. The summed E-state index contributed by atoms with van der Waals surface area (Å²) in [5.41, 5.74) is 0.787. The lowest BCUT2D eigenvalue weighted by atomic mass is 10.0. The number of nitrogens with zero attached hydrogens (tertiary/aromatic N) is 1. The average Bonchev–Trinajstić information content (AvgIpc) is 2.35. The molecule has 94 valence electrons. The maximum Gasteiger partial charge on any atom is 0.179 e. The largest absolute Gasteiger partial charge is 0.294 e. The zero-order valence-corrected chi connectivity index (χ0v) is 12.3. The van der Waals surface area contributed by atoms with Gasteiger partial charge in [-0.05, 0) is 38.6 Å². The average molecular weight is 298 g/mol. The lowest BCUT2D eigenvalue weighted by Crippen LogP contribution is -2.39. The normalized spacial score (nSPS) is 12.8. The summed E-state index contributed by atoms with van der Waals surface area (Å²) in [5.74, 6) is 0.202. The highest BCUT2D eigenvalue weighted by Gasteiger charge is 2.20. The van der Waals surface area contributed by atoms with Gasteiger partial charge in [0.25, 0.3) is 0 Å². The molecule has 3 heteroatoms. The summed E-state index contributed by atoms with van der Waals surface area (Å²) < 4.78 is 1.00. The van der Waals surface area contributed by atoms with E-state index in [0.29, 0.717) is 0 Å². The summed E-state index contributed by atoms with van der Waals surface area (Å²) in [6.45, 7) is 8.11. The van der Waals surface area contributed by atoms with Gasteiger partial charge in [0, 0.05) is 10.0 Å². The predicted octanol–water partition coefficient (Wildman–Crippen LogP) is 3.75. The topological polar surface area (TPSA) is 20.3 Å². The molecular weight excluding hydrogens is 278 g/mol. The molecule has 1 unspecified atom stereocenters. The van der Waals surface area contributed by atoms with Gasteiger partial charge in [0.05, 0.1) is 6.04 Å². The van der Waals surface area contributed by atoms with E-state index in [-0.39, 0.29) is 11.8 Å². The molecule has 0 amide bonds. The number of carbonyl (C=O) groups excluding carboxylic acids is 1. The third-order valence-electron chi connectivity index (χ3n) is 2.97. The smallest absolute Gasteiger partial charge is 0.179 e. The van der Waals surface area contributed by atoms with Crippen LogP contribution in [0.25, 0.3) is 0 Å². The van der Waals surface area contributed by atoms with Crippen molar-refractivity contribution in [1.82, 2.24) is 4.90 Å². The van der Waals surface area contributed by atoms with Crippen LogP contribution in [0.5, 0.6) is 0 Å². The Kier molecular flexibility index (Phi) is 5.86. The maximum atomic E-state index is 12.3. The summed E-state index contributed by atoms with van der Waals surface area (Å²) in [5, 5.41) is 0. The van der Waals surface area contributed by atoms with Gasteiger partial charge in [0.1, 0.15) is 0 Å². The molecule has 0 N–H and O–H groups in total. The van der Waals surface area contributed by atoms with Crippen molar-refractivity contribution >= 4 is 21.7 Å². The van der Waals surface area contributed by atoms with E-state index in [0.717, 1.165) is 29.5 Å². The molecule has 0 saturated heterocycles. The molecule has 0 aliphatic heterocycles. The first-order valence-electron chi connectivity index (χ1n) is 6.14. The number of ketones is 1. The van der Waals surface area contributed by atoms with Crippen LogP contribution in [-0.4, -0.2) is 29.8 Å². The number of carbonyl (C=O) groups is 1. The van der Waals surface area contributed by atoms with Crippen LogP contribution < -0.4 is 0 Å². The van der Waals surface area contributed by atoms with Crippen molar-refractivity contribution in [3.05, 3.63) is 34.3 Å². The Balaban J connectivity index is 2.77. The second kappa shape index (κ2) is 6.92. The number of halogens is 1. The van der Waals surface area contributed by atoms with Crippen LogP contribution in [-0.2, 0) is 0 Å². The molecule has 1 rings (SSSR count). The Morgan fingerprint density at radius 3 is 2.35 bits per heavy atom. The number of rotatable bonds is 6. The molecule has 1 atom stereocenters. The van der Waals surface area contributed by atoms with Crippen LogP contribution in [0, 0.1) is 0 Å². The molecule has 0 aliphatic carbocycles. The molecule has 0 spiro atoms. The maximum absolute atomic E-state index is 12.3. The second-order valence-corrected chi connectivity index (χ2v) is 5.09. The van der Waals surface area contributed by atoms with Crippen molar-refractivity contribution in [2.45, 2.75) is 33.2 Å². The molecule has 0 aromatic heterocycles. The van der Waals surface area contributed by atoms with Crippen LogP contribution in [0.3, 0.4) is 0 Å². The summed E-state index contributed by atoms with van der Waals surface area (Å²) in [4.78, 5) is 14.5. The van der Waals surface area contributed by atoms with E-state index in [4.69, 9.17) is 0 Å². The molecule has 0 radical (unpaired) electrons. The van der Waals surface area contributed by atoms with Gasteiger partial charge < -0.3 is 0 Å². The molecule has 2 nitrogen and oxygen atoms in total. The summed E-state index contributed by atoms with van der Waals surface area (Å²) in [7, 11) is 0. The zero-order chi connectivity index (χ0) is 12.8. The van der Waals surface area contributed by atoms with Gasteiger partial charge in [-0.15, -0.1) is 0 Å². The minimum absolute atomic E-state index is 0.0406. The van der Waals surface area contributed by atoms with E-state index in [1.165, 1.54) is 0 Å². The van der Waals surface area contributed by atoms with E-state index >= 15 is 0 Å². The minimum atomic E-state index is -0.0406. The van der Waals surface area contributed by atoms with Gasteiger partial charge in [-0.25, -0.2) is 0 Å². The van der Waals surface area contributed by atoms with E-state index in [9.17, 15) is 4.79 Å². The monoisotopic (exact) mass is 297 g/mol. The van der Waals surface area contributed by atoms with Crippen molar-refractivity contribution in [3.8, 4) is 0 Å². The van der Waals surface area contributed by atoms with E-state index < -0.39 is 0 Å². The van der Waals surface area contributed by atoms with Gasteiger partial charge >= 0.3 is 0 Å². The van der Waals surface area contributed by atoms with Crippen LogP contribution >= 0.6 is 15.9 Å². The number of hydrogen-bond acceptors (Lipinski definition) is 2. The summed E-state index contributed by atoms with van der Waals surface area (Å²) >= 11 is 3.38. The first-order chi connectivity index (χ1) is 8.10. The third kappa shape index (κ3) is 3.93. The molecule has 0 aliphatic rings. The molecule has 0 heterocycles. The fourth-order valence-electron chi connectivity index (χ4n) is 1.93. The van der Waals surface area contributed by atoms with Gasteiger partial charge in [0.15, 0.2) is 5.78 Å². The van der Waals surface area contributed by atoms with Crippen molar-refractivity contribution in [1.29, 1.82) is 0 Å². The molecule has 1 aromatic carbocycles. The zero-order valence-electron chi connectivity index (χ0n) is 10.7. The highest BCUT2D eigenvalue weighted by Crippen LogP contribution is 2.14. The lowest BCUT2D eigenvalue weighted by Gasteiger charge is -2.26. The minimum Gasteiger partial charge on any atom is -0.294 e. The fourth-order valence-corrected chi connectivity index (χ4v) is 2.20. The van der Waals surface area contributed by atoms with Crippen LogP contribution in [0.4, 0.5) is 0 Å². The van der Waals surface area contributed by atoms with E-state index in [2.05, 4.69) is 34.7 Å². The molecule has 0 fully saturated rings. The highest BCUT2D eigenvalue weighted by atomic mass is 79.9. The fraction of sp³-hybridized carbons (Fsp3) is 0.500. The van der Waals surface area contributed by atoms with Crippen LogP contribution in [0.15, 0.2) is 28.7 Å². The number of Topliss-reactive ketones (excluding diaryl/α,β-unsaturated/α-hetero) is 1. The predicted molar refractivity (Wildman–Crippen MR) is 75.5 cm³/mol. The first kappa shape index (κ1) is 14.4. The van der Waals surface area contributed by atoms with Crippen LogP contribution in [0.1, 0.15) is 37.6 Å².